The lowest BCUT2D eigenvalue weighted by atomic mass is 10.0. The summed E-state index contributed by atoms with van der Waals surface area (Å²) in [6.45, 7) is 3.98. The molecule has 1 aromatic carbocycles. The van der Waals surface area contributed by atoms with E-state index in [2.05, 4.69) is 50.6 Å². The third kappa shape index (κ3) is 6.73. The van der Waals surface area contributed by atoms with E-state index >= 15 is 0 Å². The number of aromatic nitrogens is 2. The molecule has 3 fully saturated rings. The van der Waals surface area contributed by atoms with Crippen molar-refractivity contribution < 1.29 is 22.7 Å². The molecule has 3 aliphatic rings. The highest BCUT2D eigenvalue weighted by atomic mass is 19.4. The molecule has 1 amide bonds. The van der Waals surface area contributed by atoms with Crippen LogP contribution in [0.5, 0.6) is 0 Å². The first-order chi connectivity index (χ1) is 18.7. The molecule has 9 nitrogen and oxygen atoms in total. The summed E-state index contributed by atoms with van der Waals surface area (Å²) in [5, 5.41) is 6.00. The maximum absolute atomic E-state index is 13.7. The molecule has 0 atom stereocenters. The SMILES string of the molecule is CN(C)C1CN(c2ccc(Nc3ncc(C(F)(F)F)c(NCCCN4CCOCCC4=O)n3)c(C3CC3)c2)C1. The molecule has 0 spiro atoms. The molecular formula is C27H36F3N7O2. The van der Waals surface area contributed by atoms with Gasteiger partial charge in [-0.3, -0.25) is 4.79 Å². The Hall–Kier alpha value is -3.12. The van der Waals surface area contributed by atoms with E-state index in [4.69, 9.17) is 4.74 Å². The summed E-state index contributed by atoms with van der Waals surface area (Å²) in [6.07, 6.45) is -0.795. The normalized spacial score (nSPS) is 18.8. The smallest absolute Gasteiger partial charge is 0.379 e. The summed E-state index contributed by atoms with van der Waals surface area (Å²) >= 11 is 0. The number of hydrogen-bond donors (Lipinski definition) is 2. The summed E-state index contributed by atoms with van der Waals surface area (Å²) < 4.78 is 46.4. The number of anilines is 4. The number of carbonyl (C=O) groups excluding carboxylic acids is 1. The Labute approximate surface area is 226 Å². The van der Waals surface area contributed by atoms with E-state index < -0.39 is 11.7 Å². The predicted octanol–water partition coefficient (Wildman–Crippen LogP) is 3.92. The highest BCUT2D eigenvalue weighted by Crippen LogP contribution is 2.45. The number of rotatable bonds is 10. The van der Waals surface area contributed by atoms with E-state index in [1.165, 1.54) is 0 Å². The minimum absolute atomic E-state index is 0.00103. The maximum atomic E-state index is 13.7. The Morgan fingerprint density at radius 2 is 1.97 bits per heavy atom. The monoisotopic (exact) mass is 547 g/mol. The first-order valence-corrected chi connectivity index (χ1v) is 13.5. The minimum Gasteiger partial charge on any atom is -0.379 e. The van der Waals surface area contributed by atoms with Crippen molar-refractivity contribution in [2.24, 2.45) is 0 Å². The number of benzene rings is 1. The van der Waals surface area contributed by atoms with Crippen LogP contribution in [-0.4, -0.2) is 91.7 Å². The standard InChI is InChI=1S/C27H36F3N7O2/c1-35(2)20-16-37(17-20)19-6-7-23(21(14-19)18-4-5-18)33-26-32-15-22(27(28,29)30)25(34-26)31-9-3-10-36-11-13-39-12-8-24(36)38/h6-7,14-15,18,20H,3-5,8-13,16-17H2,1-2H3,(H2,31,32,33,34). The van der Waals surface area contributed by atoms with Crippen molar-refractivity contribution in [2.75, 3.05) is 75.6 Å². The van der Waals surface area contributed by atoms with Crippen molar-refractivity contribution in [3.8, 4) is 0 Å². The van der Waals surface area contributed by atoms with Gasteiger partial charge in [-0.15, -0.1) is 0 Å². The molecule has 2 N–H and O–H groups in total. The largest absolute Gasteiger partial charge is 0.421 e. The number of carbonyl (C=O) groups is 1. The minimum atomic E-state index is -4.60. The lowest BCUT2D eigenvalue weighted by Crippen LogP contribution is -2.57. The number of likely N-dealkylation sites (N-methyl/N-ethyl adjacent to an activating group) is 1. The zero-order chi connectivity index (χ0) is 27.6. The van der Waals surface area contributed by atoms with Crippen LogP contribution in [-0.2, 0) is 15.7 Å². The van der Waals surface area contributed by atoms with E-state index in [0.717, 1.165) is 49.1 Å². The van der Waals surface area contributed by atoms with Crippen LogP contribution in [0.1, 0.15) is 42.7 Å². The molecule has 2 aliphatic heterocycles. The molecule has 3 heterocycles. The molecular weight excluding hydrogens is 511 g/mol. The van der Waals surface area contributed by atoms with Gasteiger partial charge in [0, 0.05) is 56.3 Å². The van der Waals surface area contributed by atoms with E-state index in [-0.39, 0.29) is 24.2 Å². The van der Waals surface area contributed by atoms with Crippen molar-refractivity contribution in [1.29, 1.82) is 0 Å². The Kier molecular flexibility index (Phi) is 8.13. The van der Waals surface area contributed by atoms with Gasteiger partial charge in [-0.05, 0) is 63.0 Å². The van der Waals surface area contributed by atoms with Gasteiger partial charge in [-0.2, -0.15) is 18.2 Å². The Balaban J connectivity index is 1.27. The highest BCUT2D eigenvalue weighted by molar-refractivity contribution is 5.76. The fourth-order valence-corrected chi connectivity index (χ4v) is 4.92. The number of nitrogens with zero attached hydrogens (tertiary/aromatic N) is 5. The van der Waals surface area contributed by atoms with E-state index in [1.54, 1.807) is 4.90 Å². The summed E-state index contributed by atoms with van der Waals surface area (Å²) in [5.74, 6) is 0.265. The summed E-state index contributed by atoms with van der Waals surface area (Å²) in [6, 6.07) is 6.74. The number of hydrogen-bond acceptors (Lipinski definition) is 8. The lowest BCUT2D eigenvalue weighted by molar-refractivity contribution is -0.137. The van der Waals surface area contributed by atoms with Gasteiger partial charge in [0.25, 0.3) is 0 Å². The predicted molar refractivity (Wildman–Crippen MR) is 144 cm³/mol. The van der Waals surface area contributed by atoms with Crippen LogP contribution in [0.15, 0.2) is 24.4 Å². The Bertz CT molecular complexity index is 1170. The van der Waals surface area contributed by atoms with Crippen molar-refractivity contribution in [3.05, 3.63) is 35.5 Å². The second-order valence-electron chi connectivity index (χ2n) is 10.7. The second kappa shape index (κ2) is 11.5. The van der Waals surface area contributed by atoms with Crippen molar-refractivity contribution in [1.82, 2.24) is 19.8 Å². The molecule has 39 heavy (non-hydrogen) atoms. The van der Waals surface area contributed by atoms with Gasteiger partial charge in [-0.1, -0.05) is 0 Å². The quantitative estimate of drug-likeness (QED) is 0.433. The average Bonchev–Trinajstić information content (AvgIpc) is 3.70. The summed E-state index contributed by atoms with van der Waals surface area (Å²) in [4.78, 5) is 26.6. The van der Waals surface area contributed by atoms with Gasteiger partial charge < -0.3 is 30.1 Å². The fourth-order valence-electron chi connectivity index (χ4n) is 4.92. The van der Waals surface area contributed by atoms with Crippen LogP contribution >= 0.6 is 0 Å². The molecule has 0 unspecified atom stereocenters. The first-order valence-electron chi connectivity index (χ1n) is 13.5. The molecule has 0 bridgehead atoms. The third-order valence-electron chi connectivity index (χ3n) is 7.57. The van der Waals surface area contributed by atoms with Crippen LogP contribution in [0.4, 0.5) is 36.3 Å². The van der Waals surface area contributed by atoms with Crippen LogP contribution in [0.3, 0.4) is 0 Å². The van der Waals surface area contributed by atoms with Gasteiger partial charge in [0.1, 0.15) is 11.4 Å². The van der Waals surface area contributed by atoms with Crippen LogP contribution in [0.2, 0.25) is 0 Å². The number of amides is 1. The Morgan fingerprint density at radius 3 is 2.69 bits per heavy atom. The van der Waals surface area contributed by atoms with Gasteiger partial charge in [0.05, 0.1) is 19.6 Å². The second-order valence-corrected chi connectivity index (χ2v) is 10.7. The summed E-state index contributed by atoms with van der Waals surface area (Å²) in [7, 11) is 4.17. The molecule has 1 aromatic heterocycles. The number of alkyl halides is 3. The Morgan fingerprint density at radius 1 is 1.18 bits per heavy atom. The zero-order valence-corrected chi connectivity index (χ0v) is 22.4. The average molecular weight is 548 g/mol. The molecule has 1 aliphatic carbocycles. The molecule has 0 radical (unpaired) electrons. The van der Waals surface area contributed by atoms with Gasteiger partial charge in [0.2, 0.25) is 11.9 Å². The van der Waals surface area contributed by atoms with Crippen LogP contribution < -0.4 is 15.5 Å². The highest BCUT2D eigenvalue weighted by Gasteiger charge is 2.36. The number of halogens is 3. The molecule has 212 valence electrons. The molecule has 12 heteroatoms. The summed E-state index contributed by atoms with van der Waals surface area (Å²) in [5.41, 5.74) is 2.20. The topological polar surface area (TPSA) is 85.9 Å². The van der Waals surface area contributed by atoms with E-state index in [9.17, 15) is 18.0 Å². The van der Waals surface area contributed by atoms with E-state index in [1.807, 2.05) is 12.1 Å². The molecule has 2 aromatic rings. The molecule has 2 saturated heterocycles. The van der Waals surface area contributed by atoms with Gasteiger partial charge >= 0.3 is 6.18 Å². The molecule has 5 rings (SSSR count). The van der Waals surface area contributed by atoms with Crippen molar-refractivity contribution in [3.63, 3.8) is 0 Å². The third-order valence-corrected chi connectivity index (χ3v) is 7.57. The maximum Gasteiger partial charge on any atom is 0.421 e. The van der Waals surface area contributed by atoms with Gasteiger partial charge in [0.15, 0.2) is 0 Å². The number of ether oxygens (including phenoxy) is 1. The van der Waals surface area contributed by atoms with Crippen molar-refractivity contribution in [2.45, 2.75) is 43.8 Å². The lowest BCUT2D eigenvalue weighted by Gasteiger charge is -2.44. The number of nitrogens with one attached hydrogen (secondary N) is 2. The van der Waals surface area contributed by atoms with Crippen LogP contribution in [0, 0.1) is 0 Å². The van der Waals surface area contributed by atoms with Gasteiger partial charge in [-0.25, -0.2) is 4.98 Å². The first kappa shape index (κ1) is 27.4. The fraction of sp³-hybridized carbons (Fsp3) is 0.593. The van der Waals surface area contributed by atoms with Crippen molar-refractivity contribution >= 4 is 29.0 Å². The van der Waals surface area contributed by atoms with Crippen LogP contribution in [0.25, 0.3) is 0 Å². The zero-order valence-electron chi connectivity index (χ0n) is 22.4. The molecule has 1 saturated carbocycles. The van der Waals surface area contributed by atoms with E-state index in [0.29, 0.717) is 51.1 Å².